The zero-order valence-electron chi connectivity index (χ0n) is 14.5. The quantitative estimate of drug-likeness (QED) is 0.536. The number of phenolic OH excluding ortho intramolecular Hbond substituents is 1. The Bertz CT molecular complexity index is 1010. The van der Waals surface area contributed by atoms with Crippen LogP contribution < -0.4 is 9.47 Å². The topological polar surface area (TPSA) is 107 Å². The molecule has 3 rings (SSSR count). The molecule has 136 valence electrons. The third-order valence-electron chi connectivity index (χ3n) is 4.38. The van der Waals surface area contributed by atoms with Crippen LogP contribution in [0, 0.1) is 17.0 Å². The van der Waals surface area contributed by atoms with Crippen LogP contribution in [-0.4, -0.2) is 33.9 Å². The predicted molar refractivity (Wildman–Crippen MR) is 95.4 cm³/mol. The maximum Gasteiger partial charge on any atom is 0.298 e. The van der Waals surface area contributed by atoms with Gasteiger partial charge in [-0.1, -0.05) is 0 Å². The number of benzene rings is 2. The minimum atomic E-state index is -0.453. The molecule has 0 atom stereocenters. The van der Waals surface area contributed by atoms with Crippen molar-refractivity contribution >= 4 is 16.6 Å². The number of aliphatic hydroxyl groups excluding tert-OH is 1. The van der Waals surface area contributed by atoms with Crippen molar-refractivity contribution in [2.45, 2.75) is 13.5 Å². The molecule has 2 aromatic carbocycles. The molecule has 0 amide bonds. The van der Waals surface area contributed by atoms with Crippen molar-refractivity contribution in [3.8, 4) is 22.9 Å². The molecule has 0 saturated carbocycles. The van der Waals surface area contributed by atoms with Gasteiger partial charge in [-0.25, -0.2) is 0 Å². The van der Waals surface area contributed by atoms with Crippen molar-refractivity contribution in [2.75, 3.05) is 14.2 Å². The second kappa shape index (κ2) is 6.57. The van der Waals surface area contributed by atoms with Gasteiger partial charge in [-0.2, -0.15) is 0 Å². The highest BCUT2D eigenvalue weighted by molar-refractivity contribution is 5.96. The first-order chi connectivity index (χ1) is 12.4. The van der Waals surface area contributed by atoms with Crippen LogP contribution in [0.2, 0.25) is 0 Å². The van der Waals surface area contributed by atoms with Gasteiger partial charge in [0.25, 0.3) is 5.69 Å². The van der Waals surface area contributed by atoms with Crippen molar-refractivity contribution in [1.82, 2.24) is 4.57 Å². The molecular weight excluding hydrogens is 340 g/mol. The van der Waals surface area contributed by atoms with E-state index in [4.69, 9.17) is 9.47 Å². The number of nitro groups is 1. The molecule has 2 N–H and O–H groups in total. The molecule has 0 spiro atoms. The minimum absolute atomic E-state index is 0.0624. The first-order valence-electron chi connectivity index (χ1n) is 7.78. The van der Waals surface area contributed by atoms with Crippen molar-refractivity contribution < 1.29 is 24.6 Å². The van der Waals surface area contributed by atoms with Gasteiger partial charge in [0, 0.05) is 11.6 Å². The lowest BCUT2D eigenvalue weighted by atomic mass is 10.1. The Morgan fingerprint density at radius 1 is 1.15 bits per heavy atom. The second-order valence-corrected chi connectivity index (χ2v) is 5.68. The number of rotatable bonds is 5. The molecule has 0 unspecified atom stereocenters. The average Bonchev–Trinajstić information content (AvgIpc) is 2.92. The van der Waals surface area contributed by atoms with Gasteiger partial charge in [-0.15, -0.1) is 0 Å². The Morgan fingerprint density at radius 3 is 2.35 bits per heavy atom. The Labute approximate surface area is 149 Å². The molecule has 3 aromatic rings. The van der Waals surface area contributed by atoms with Crippen molar-refractivity contribution in [3.63, 3.8) is 0 Å². The molecule has 8 nitrogen and oxygen atoms in total. The van der Waals surface area contributed by atoms with Crippen LogP contribution in [0.4, 0.5) is 5.69 Å². The van der Waals surface area contributed by atoms with Crippen molar-refractivity contribution in [3.05, 3.63) is 51.7 Å². The second-order valence-electron chi connectivity index (χ2n) is 5.68. The summed E-state index contributed by atoms with van der Waals surface area (Å²) in [5.41, 5.74) is 1.70. The number of nitrogens with zero attached hydrogens (tertiary/aromatic N) is 2. The van der Waals surface area contributed by atoms with Gasteiger partial charge in [0.15, 0.2) is 11.5 Å². The number of hydrogen-bond donors (Lipinski definition) is 2. The summed E-state index contributed by atoms with van der Waals surface area (Å²) in [5, 5.41) is 32.0. The number of phenols is 1. The highest BCUT2D eigenvalue weighted by atomic mass is 16.6. The number of aromatic nitrogens is 1. The maximum atomic E-state index is 11.6. The minimum Gasteiger partial charge on any atom is -0.504 e. The largest absolute Gasteiger partial charge is 0.504 e. The molecule has 0 radical (unpaired) electrons. The van der Waals surface area contributed by atoms with E-state index in [2.05, 4.69) is 0 Å². The van der Waals surface area contributed by atoms with Gasteiger partial charge in [-0.3, -0.25) is 10.1 Å². The number of methoxy groups -OCH3 is 2. The molecule has 0 bridgehead atoms. The lowest BCUT2D eigenvalue weighted by molar-refractivity contribution is -0.383. The van der Waals surface area contributed by atoms with Crippen LogP contribution in [0.3, 0.4) is 0 Å². The Morgan fingerprint density at radius 2 is 1.81 bits per heavy atom. The van der Waals surface area contributed by atoms with E-state index in [1.54, 1.807) is 35.8 Å². The Kier molecular flexibility index (Phi) is 4.43. The lowest BCUT2D eigenvalue weighted by Crippen LogP contribution is -2.01. The van der Waals surface area contributed by atoms with E-state index >= 15 is 0 Å². The van der Waals surface area contributed by atoms with Gasteiger partial charge in [-0.05, 0) is 31.2 Å². The molecular formula is C18H18N2O6. The summed E-state index contributed by atoms with van der Waals surface area (Å²) in [5.74, 6) is 0.617. The SMILES string of the molecule is COc1ccc(-n2c(C)c([N+](=O)[O-])c3ccc(OC)c(CO)c32)cc1O. The van der Waals surface area contributed by atoms with Crippen molar-refractivity contribution in [2.24, 2.45) is 0 Å². The van der Waals surface area contributed by atoms with E-state index in [1.807, 2.05) is 0 Å². The van der Waals surface area contributed by atoms with Crippen LogP contribution >= 0.6 is 0 Å². The fourth-order valence-electron chi connectivity index (χ4n) is 3.25. The number of fused-ring (bicyclic) bond motifs is 1. The Hall–Kier alpha value is -3.26. The standard InChI is InChI=1S/C18H18N2O6/c1-10-17(20(23)24)12-5-7-15(25-2)13(9-21)18(12)19(10)11-4-6-16(26-3)14(22)8-11/h4-8,21-22H,9H2,1-3H3. The van der Waals surface area contributed by atoms with Crippen LogP contribution in [-0.2, 0) is 6.61 Å². The van der Waals surface area contributed by atoms with E-state index in [1.165, 1.54) is 20.3 Å². The molecule has 26 heavy (non-hydrogen) atoms. The van der Waals surface area contributed by atoms with Gasteiger partial charge in [0.1, 0.15) is 5.75 Å². The summed E-state index contributed by atoms with van der Waals surface area (Å²) >= 11 is 0. The smallest absolute Gasteiger partial charge is 0.298 e. The van der Waals surface area contributed by atoms with Crippen LogP contribution in [0.15, 0.2) is 30.3 Å². The number of aliphatic hydroxyl groups is 1. The van der Waals surface area contributed by atoms with Gasteiger partial charge in [0.2, 0.25) is 0 Å². The van der Waals surface area contributed by atoms with E-state index < -0.39 is 4.92 Å². The van der Waals surface area contributed by atoms with Gasteiger partial charge in [0.05, 0.1) is 48.0 Å². The molecule has 0 aliphatic rings. The normalized spacial score (nSPS) is 10.9. The maximum absolute atomic E-state index is 11.6. The predicted octanol–water partition coefficient (Wildman–Crippen LogP) is 3.06. The van der Waals surface area contributed by atoms with E-state index in [9.17, 15) is 20.3 Å². The third kappa shape index (κ3) is 2.51. The van der Waals surface area contributed by atoms with Crippen molar-refractivity contribution in [1.29, 1.82) is 0 Å². The Balaban J connectivity index is 2.46. The summed E-state index contributed by atoms with van der Waals surface area (Å²) in [6.07, 6.45) is 0. The van der Waals surface area contributed by atoms with E-state index in [0.29, 0.717) is 33.6 Å². The first kappa shape index (κ1) is 17.6. The zero-order valence-corrected chi connectivity index (χ0v) is 14.5. The number of hydrogen-bond acceptors (Lipinski definition) is 6. The monoisotopic (exact) mass is 358 g/mol. The van der Waals surface area contributed by atoms with Crippen LogP contribution in [0.5, 0.6) is 17.2 Å². The average molecular weight is 358 g/mol. The molecule has 8 heteroatoms. The first-order valence-corrected chi connectivity index (χ1v) is 7.78. The summed E-state index contributed by atoms with van der Waals surface area (Å²) in [4.78, 5) is 11.2. The number of aromatic hydroxyl groups is 1. The highest BCUT2D eigenvalue weighted by Crippen LogP contribution is 2.41. The van der Waals surface area contributed by atoms with E-state index in [-0.39, 0.29) is 23.8 Å². The lowest BCUT2D eigenvalue weighted by Gasteiger charge is -2.13. The molecule has 0 aliphatic heterocycles. The summed E-state index contributed by atoms with van der Waals surface area (Å²) in [6.45, 7) is 1.26. The van der Waals surface area contributed by atoms with Gasteiger partial charge < -0.3 is 24.3 Å². The molecule has 1 aromatic heterocycles. The highest BCUT2D eigenvalue weighted by Gasteiger charge is 2.27. The fourth-order valence-corrected chi connectivity index (χ4v) is 3.25. The van der Waals surface area contributed by atoms with Crippen LogP contribution in [0.1, 0.15) is 11.3 Å². The fraction of sp³-hybridized carbons (Fsp3) is 0.222. The third-order valence-corrected chi connectivity index (χ3v) is 4.38. The molecule has 0 aliphatic carbocycles. The summed E-state index contributed by atoms with van der Waals surface area (Å²) in [7, 11) is 2.90. The number of ether oxygens (including phenoxy) is 2. The molecule has 0 fully saturated rings. The van der Waals surface area contributed by atoms with Crippen LogP contribution in [0.25, 0.3) is 16.6 Å². The zero-order chi connectivity index (χ0) is 19.0. The van der Waals surface area contributed by atoms with Gasteiger partial charge >= 0.3 is 0 Å². The summed E-state index contributed by atoms with van der Waals surface area (Å²) < 4.78 is 12.0. The molecule has 0 saturated heterocycles. The molecule has 1 heterocycles. The van der Waals surface area contributed by atoms with E-state index in [0.717, 1.165) is 0 Å². The summed E-state index contributed by atoms with van der Waals surface area (Å²) in [6, 6.07) is 7.89.